The number of aryl methyl sites for hydroxylation is 1. The zero-order valence-electron chi connectivity index (χ0n) is 12.6. The van der Waals surface area contributed by atoms with Crippen molar-refractivity contribution >= 4 is 5.91 Å². The molecule has 1 aliphatic carbocycles. The van der Waals surface area contributed by atoms with Crippen LogP contribution in [0.3, 0.4) is 0 Å². The number of halogens is 1. The maximum absolute atomic E-state index is 14.2. The van der Waals surface area contributed by atoms with Crippen LogP contribution in [0.5, 0.6) is 0 Å². The zero-order valence-corrected chi connectivity index (χ0v) is 12.6. The molecule has 4 heteroatoms. The van der Waals surface area contributed by atoms with E-state index >= 15 is 0 Å². The molecule has 1 saturated heterocycles. The predicted molar refractivity (Wildman–Crippen MR) is 80.8 cm³/mol. The molecule has 1 aliphatic heterocycles. The van der Waals surface area contributed by atoms with E-state index in [1.54, 1.807) is 25.1 Å². The lowest BCUT2D eigenvalue weighted by Gasteiger charge is -2.31. The van der Waals surface area contributed by atoms with Gasteiger partial charge in [0, 0.05) is 18.6 Å². The fraction of sp³-hybridized carbons (Fsp3) is 0.588. The van der Waals surface area contributed by atoms with Crippen LogP contribution >= 0.6 is 0 Å². The van der Waals surface area contributed by atoms with Crippen LogP contribution in [-0.2, 0) is 0 Å². The third-order valence-electron chi connectivity index (χ3n) is 4.50. The van der Waals surface area contributed by atoms with Gasteiger partial charge in [0.25, 0.3) is 5.91 Å². The van der Waals surface area contributed by atoms with E-state index in [9.17, 15) is 9.18 Å². The van der Waals surface area contributed by atoms with Crippen molar-refractivity contribution in [3.63, 3.8) is 0 Å². The number of nitrogens with one attached hydrogen (secondary N) is 1. The van der Waals surface area contributed by atoms with Crippen LogP contribution < -0.4 is 5.32 Å². The molecule has 1 aromatic carbocycles. The van der Waals surface area contributed by atoms with Crippen molar-refractivity contribution in [1.29, 1.82) is 0 Å². The quantitative estimate of drug-likeness (QED) is 0.925. The molecule has 1 aromatic rings. The molecule has 1 unspecified atom stereocenters. The smallest absolute Gasteiger partial charge is 0.257 e. The standard InChI is InChI=1S/C17H23FN2O/c1-12-5-4-7-15(16(12)18)17(21)20(14-8-9-14)11-13-6-2-3-10-19-13/h4-5,7,13-14,19H,2-3,6,8-11H2,1H3. The molecule has 3 nitrogen and oxygen atoms in total. The van der Waals surface area contributed by atoms with Crippen LogP contribution in [0.1, 0.15) is 48.0 Å². The van der Waals surface area contributed by atoms with Crippen molar-refractivity contribution < 1.29 is 9.18 Å². The van der Waals surface area contributed by atoms with E-state index in [1.807, 2.05) is 4.90 Å². The first-order valence-electron chi connectivity index (χ1n) is 7.96. The van der Waals surface area contributed by atoms with Crippen LogP contribution in [-0.4, -0.2) is 36.0 Å². The molecule has 2 fully saturated rings. The number of hydrogen-bond acceptors (Lipinski definition) is 2. The summed E-state index contributed by atoms with van der Waals surface area (Å²) in [5.41, 5.74) is 0.755. The SMILES string of the molecule is Cc1cccc(C(=O)N(CC2CCCCN2)C2CC2)c1F. The van der Waals surface area contributed by atoms with Crippen molar-refractivity contribution in [1.82, 2.24) is 10.2 Å². The summed E-state index contributed by atoms with van der Waals surface area (Å²) in [7, 11) is 0. The van der Waals surface area contributed by atoms with Gasteiger partial charge in [0.1, 0.15) is 5.82 Å². The Labute approximate surface area is 125 Å². The minimum Gasteiger partial charge on any atom is -0.334 e. The normalized spacial score (nSPS) is 22.1. The summed E-state index contributed by atoms with van der Waals surface area (Å²) in [6.07, 6.45) is 5.62. The van der Waals surface area contributed by atoms with Crippen LogP contribution in [0.4, 0.5) is 4.39 Å². The molecule has 1 atom stereocenters. The van der Waals surface area contributed by atoms with Gasteiger partial charge in [-0.15, -0.1) is 0 Å². The van der Waals surface area contributed by atoms with Crippen LogP contribution in [0, 0.1) is 12.7 Å². The minimum atomic E-state index is -0.371. The number of amides is 1. The zero-order chi connectivity index (χ0) is 14.8. The summed E-state index contributed by atoms with van der Waals surface area (Å²) in [4.78, 5) is 14.6. The van der Waals surface area contributed by atoms with Gasteiger partial charge < -0.3 is 10.2 Å². The second-order valence-electron chi connectivity index (χ2n) is 6.27. The van der Waals surface area contributed by atoms with E-state index in [2.05, 4.69) is 5.32 Å². The topological polar surface area (TPSA) is 32.3 Å². The van der Waals surface area contributed by atoms with Gasteiger partial charge in [0.05, 0.1) is 5.56 Å². The highest BCUT2D eigenvalue weighted by atomic mass is 19.1. The average molecular weight is 290 g/mol. The van der Waals surface area contributed by atoms with Crippen molar-refractivity contribution in [2.24, 2.45) is 0 Å². The van der Waals surface area contributed by atoms with Gasteiger partial charge in [0.2, 0.25) is 0 Å². The molecule has 1 saturated carbocycles. The van der Waals surface area contributed by atoms with E-state index in [-0.39, 0.29) is 17.3 Å². The summed E-state index contributed by atoms with van der Waals surface area (Å²) < 4.78 is 14.2. The Kier molecular flexibility index (Phi) is 4.24. The van der Waals surface area contributed by atoms with Crippen LogP contribution in [0.15, 0.2) is 18.2 Å². The number of hydrogen-bond donors (Lipinski definition) is 1. The number of carbonyl (C=O) groups excluding carboxylic acids is 1. The number of carbonyl (C=O) groups is 1. The van der Waals surface area contributed by atoms with Gasteiger partial charge in [0.15, 0.2) is 0 Å². The lowest BCUT2D eigenvalue weighted by molar-refractivity contribution is 0.0713. The second kappa shape index (κ2) is 6.14. The Balaban J connectivity index is 1.76. The van der Waals surface area contributed by atoms with E-state index < -0.39 is 0 Å². The van der Waals surface area contributed by atoms with Crippen molar-refractivity contribution in [3.05, 3.63) is 35.1 Å². The first kappa shape index (κ1) is 14.5. The molecule has 1 N–H and O–H groups in total. The lowest BCUT2D eigenvalue weighted by Crippen LogP contribution is -2.46. The number of piperidine rings is 1. The van der Waals surface area contributed by atoms with Gasteiger partial charge in [-0.25, -0.2) is 4.39 Å². The van der Waals surface area contributed by atoms with E-state index in [1.165, 1.54) is 12.8 Å². The van der Waals surface area contributed by atoms with E-state index in [4.69, 9.17) is 0 Å². The highest BCUT2D eigenvalue weighted by Gasteiger charge is 2.35. The van der Waals surface area contributed by atoms with Crippen molar-refractivity contribution in [3.8, 4) is 0 Å². The summed E-state index contributed by atoms with van der Waals surface area (Å²) in [5, 5.41) is 3.48. The van der Waals surface area contributed by atoms with E-state index in [0.717, 1.165) is 25.8 Å². The van der Waals surface area contributed by atoms with Gasteiger partial charge in [-0.3, -0.25) is 4.79 Å². The first-order chi connectivity index (χ1) is 10.2. The fourth-order valence-electron chi connectivity index (χ4n) is 3.07. The molecule has 21 heavy (non-hydrogen) atoms. The second-order valence-corrected chi connectivity index (χ2v) is 6.27. The molecule has 0 aromatic heterocycles. The van der Waals surface area contributed by atoms with Gasteiger partial charge >= 0.3 is 0 Å². The summed E-state index contributed by atoms with van der Waals surface area (Å²) in [6, 6.07) is 5.73. The lowest BCUT2D eigenvalue weighted by atomic mass is 10.0. The third-order valence-corrected chi connectivity index (χ3v) is 4.50. The molecule has 2 aliphatic rings. The van der Waals surface area contributed by atoms with Crippen LogP contribution in [0.2, 0.25) is 0 Å². The highest BCUT2D eigenvalue weighted by Crippen LogP contribution is 2.30. The summed E-state index contributed by atoms with van der Waals surface area (Å²) >= 11 is 0. The fourth-order valence-corrected chi connectivity index (χ4v) is 3.07. The van der Waals surface area contributed by atoms with E-state index in [0.29, 0.717) is 24.2 Å². The Morgan fingerprint density at radius 3 is 2.81 bits per heavy atom. The molecule has 0 bridgehead atoms. The molecule has 1 amide bonds. The van der Waals surface area contributed by atoms with Crippen molar-refractivity contribution in [2.45, 2.75) is 51.1 Å². The Hall–Kier alpha value is -1.42. The average Bonchev–Trinajstić information content (AvgIpc) is 3.33. The summed E-state index contributed by atoms with van der Waals surface area (Å²) in [5.74, 6) is -0.518. The highest BCUT2D eigenvalue weighted by molar-refractivity contribution is 5.95. The number of benzene rings is 1. The molecular formula is C17H23FN2O. The summed E-state index contributed by atoms with van der Waals surface area (Å²) in [6.45, 7) is 3.43. The third kappa shape index (κ3) is 3.26. The molecular weight excluding hydrogens is 267 g/mol. The largest absolute Gasteiger partial charge is 0.334 e. The van der Waals surface area contributed by atoms with Gasteiger partial charge in [-0.2, -0.15) is 0 Å². The molecule has 114 valence electrons. The Morgan fingerprint density at radius 2 is 2.14 bits per heavy atom. The van der Waals surface area contributed by atoms with Gasteiger partial charge in [-0.1, -0.05) is 18.6 Å². The monoisotopic (exact) mass is 290 g/mol. The number of nitrogens with zero attached hydrogens (tertiary/aromatic N) is 1. The maximum Gasteiger partial charge on any atom is 0.257 e. The first-order valence-corrected chi connectivity index (χ1v) is 7.96. The molecule has 0 spiro atoms. The molecule has 0 radical (unpaired) electrons. The minimum absolute atomic E-state index is 0.147. The van der Waals surface area contributed by atoms with Crippen LogP contribution in [0.25, 0.3) is 0 Å². The van der Waals surface area contributed by atoms with Crippen molar-refractivity contribution in [2.75, 3.05) is 13.1 Å². The Bertz CT molecular complexity index is 522. The van der Waals surface area contributed by atoms with Gasteiger partial charge in [-0.05, 0) is 50.8 Å². The Morgan fingerprint density at radius 1 is 1.33 bits per heavy atom. The molecule has 3 rings (SSSR count). The predicted octanol–water partition coefficient (Wildman–Crippen LogP) is 2.88. The molecule has 1 heterocycles. The maximum atomic E-state index is 14.2. The number of rotatable bonds is 4.